The topological polar surface area (TPSA) is 114 Å². The molecular weight excluding hydrogens is 390 g/mol. The third-order valence-electron chi connectivity index (χ3n) is 3.44. The number of rotatable bonds is 9. The molecule has 3 aromatic rings. The maximum atomic E-state index is 12.0. The van der Waals surface area contributed by atoms with Crippen molar-refractivity contribution in [1.29, 1.82) is 0 Å². The molecule has 0 spiro atoms. The van der Waals surface area contributed by atoms with Crippen molar-refractivity contribution in [2.75, 3.05) is 18.1 Å². The zero-order valence-electron chi connectivity index (χ0n) is 13.7. The summed E-state index contributed by atoms with van der Waals surface area (Å²) < 4.78 is 1.37. The number of nitrogens with zero attached hydrogens (tertiary/aromatic N) is 2. The maximum absolute atomic E-state index is 12.0. The largest absolute Gasteiger partial charge is 0.369 e. The van der Waals surface area contributed by atoms with Crippen LogP contribution in [0.3, 0.4) is 0 Å². The van der Waals surface area contributed by atoms with E-state index in [1.54, 1.807) is 0 Å². The van der Waals surface area contributed by atoms with Crippen LogP contribution in [0.25, 0.3) is 10.9 Å². The predicted molar refractivity (Wildman–Crippen MR) is 106 cm³/mol. The summed E-state index contributed by atoms with van der Waals surface area (Å²) in [5.74, 6) is 0.0155. The van der Waals surface area contributed by atoms with Crippen LogP contribution in [0.15, 0.2) is 39.1 Å². The van der Waals surface area contributed by atoms with Gasteiger partial charge in [0, 0.05) is 23.6 Å². The second-order valence-electron chi connectivity index (χ2n) is 5.34. The SMILES string of the molecule is NC(=O)CSc1nnc(SCC(=O)NCCc2c[nH]c3ccccc23)s1. The normalized spacial score (nSPS) is 10.9. The molecule has 2 heterocycles. The van der Waals surface area contributed by atoms with Crippen molar-refractivity contribution in [3.8, 4) is 0 Å². The van der Waals surface area contributed by atoms with Crippen molar-refractivity contribution in [3.63, 3.8) is 0 Å². The number of thioether (sulfide) groups is 2. The molecule has 0 atom stereocenters. The van der Waals surface area contributed by atoms with Crippen LogP contribution in [0.5, 0.6) is 0 Å². The lowest BCUT2D eigenvalue weighted by atomic mass is 10.1. The Labute approximate surface area is 162 Å². The molecule has 0 aliphatic carbocycles. The molecule has 2 amide bonds. The van der Waals surface area contributed by atoms with Crippen molar-refractivity contribution in [2.24, 2.45) is 5.73 Å². The number of carbonyl (C=O) groups is 2. The molecule has 2 aromatic heterocycles. The van der Waals surface area contributed by atoms with Gasteiger partial charge in [-0.1, -0.05) is 53.1 Å². The first kappa shape index (κ1) is 18.7. The number of primary amides is 1. The molecule has 0 radical (unpaired) electrons. The van der Waals surface area contributed by atoms with Gasteiger partial charge in [-0.15, -0.1) is 10.2 Å². The average molecular weight is 408 g/mol. The van der Waals surface area contributed by atoms with Crippen LogP contribution in [0, 0.1) is 0 Å². The van der Waals surface area contributed by atoms with Crippen molar-refractivity contribution < 1.29 is 9.59 Å². The Bertz CT molecular complexity index is 908. The van der Waals surface area contributed by atoms with E-state index in [1.165, 1.54) is 45.8 Å². The highest BCUT2D eigenvalue weighted by atomic mass is 32.2. The Morgan fingerprint density at radius 2 is 1.88 bits per heavy atom. The zero-order valence-corrected chi connectivity index (χ0v) is 16.2. The number of nitrogens with one attached hydrogen (secondary N) is 2. The van der Waals surface area contributed by atoms with Crippen LogP contribution < -0.4 is 11.1 Å². The van der Waals surface area contributed by atoms with Gasteiger partial charge in [-0.25, -0.2) is 0 Å². The Hall–Kier alpha value is -2.04. The fourth-order valence-corrected chi connectivity index (χ4v) is 4.89. The number of amides is 2. The zero-order chi connectivity index (χ0) is 18.4. The first-order valence-electron chi connectivity index (χ1n) is 7.81. The Morgan fingerprint density at radius 3 is 2.65 bits per heavy atom. The van der Waals surface area contributed by atoms with Crippen molar-refractivity contribution in [2.45, 2.75) is 15.1 Å². The molecule has 3 rings (SSSR count). The van der Waals surface area contributed by atoms with E-state index in [4.69, 9.17) is 5.73 Å². The number of benzene rings is 1. The molecule has 7 nitrogen and oxygen atoms in total. The summed E-state index contributed by atoms with van der Waals surface area (Å²) in [4.78, 5) is 26.0. The average Bonchev–Trinajstić information content (AvgIpc) is 3.25. The number of aromatic amines is 1. The number of H-pyrrole nitrogens is 1. The third kappa shape index (κ3) is 5.23. The van der Waals surface area contributed by atoms with Gasteiger partial charge < -0.3 is 16.0 Å². The molecule has 10 heteroatoms. The van der Waals surface area contributed by atoms with E-state index in [-0.39, 0.29) is 17.4 Å². The molecule has 0 aliphatic heterocycles. The van der Waals surface area contributed by atoms with Gasteiger partial charge in [-0.05, 0) is 18.1 Å². The predicted octanol–water partition coefficient (Wildman–Crippen LogP) is 2.05. The smallest absolute Gasteiger partial charge is 0.230 e. The molecule has 0 saturated heterocycles. The molecule has 0 bridgehead atoms. The Balaban J connectivity index is 1.40. The lowest BCUT2D eigenvalue weighted by molar-refractivity contribution is -0.118. The monoisotopic (exact) mass is 407 g/mol. The van der Waals surface area contributed by atoms with Gasteiger partial charge in [-0.3, -0.25) is 9.59 Å². The fourth-order valence-electron chi connectivity index (χ4n) is 2.30. The number of hydrogen-bond acceptors (Lipinski definition) is 7. The van der Waals surface area contributed by atoms with Gasteiger partial charge in [-0.2, -0.15) is 0 Å². The summed E-state index contributed by atoms with van der Waals surface area (Å²) in [7, 11) is 0. The van der Waals surface area contributed by atoms with Crippen molar-refractivity contribution in [1.82, 2.24) is 20.5 Å². The van der Waals surface area contributed by atoms with Gasteiger partial charge in [0.25, 0.3) is 0 Å². The number of para-hydroxylation sites is 1. The summed E-state index contributed by atoms with van der Waals surface area (Å²) in [5, 5.41) is 12.1. The minimum Gasteiger partial charge on any atom is -0.369 e. The van der Waals surface area contributed by atoms with Crippen LogP contribution in [-0.4, -0.2) is 45.0 Å². The van der Waals surface area contributed by atoms with E-state index >= 15 is 0 Å². The quantitative estimate of drug-likeness (QED) is 0.468. The summed E-state index contributed by atoms with van der Waals surface area (Å²) in [6, 6.07) is 8.11. The van der Waals surface area contributed by atoms with Crippen LogP contribution in [0.2, 0.25) is 0 Å². The third-order valence-corrected chi connectivity index (χ3v) is 6.66. The lowest BCUT2D eigenvalue weighted by Gasteiger charge is -2.03. The fraction of sp³-hybridized carbons (Fsp3) is 0.250. The highest BCUT2D eigenvalue weighted by Crippen LogP contribution is 2.28. The molecule has 0 saturated carbocycles. The van der Waals surface area contributed by atoms with E-state index in [9.17, 15) is 9.59 Å². The number of nitrogens with two attached hydrogens (primary N) is 1. The molecular formula is C16H17N5O2S3. The first-order chi connectivity index (χ1) is 12.6. The van der Waals surface area contributed by atoms with E-state index < -0.39 is 5.91 Å². The van der Waals surface area contributed by atoms with Gasteiger partial charge >= 0.3 is 0 Å². The molecule has 0 unspecified atom stereocenters. The van der Waals surface area contributed by atoms with Gasteiger partial charge in [0.1, 0.15) is 0 Å². The minimum absolute atomic E-state index is 0.0450. The van der Waals surface area contributed by atoms with Gasteiger partial charge in [0.2, 0.25) is 11.8 Å². The molecule has 4 N–H and O–H groups in total. The van der Waals surface area contributed by atoms with Crippen LogP contribution >= 0.6 is 34.9 Å². The van der Waals surface area contributed by atoms with Crippen LogP contribution in [0.4, 0.5) is 0 Å². The maximum Gasteiger partial charge on any atom is 0.230 e. The van der Waals surface area contributed by atoms with Crippen LogP contribution in [-0.2, 0) is 16.0 Å². The standard InChI is InChI=1S/C16H17N5O2S3/c17-13(22)8-24-15-20-21-16(26-15)25-9-14(23)18-6-5-10-7-19-12-4-2-1-3-11(10)12/h1-4,7,19H,5-6,8-9H2,(H2,17,22)(H,18,23). The number of fused-ring (bicyclic) bond motifs is 1. The first-order valence-corrected chi connectivity index (χ1v) is 10.6. The lowest BCUT2D eigenvalue weighted by Crippen LogP contribution is -2.27. The second kappa shape index (κ2) is 9.06. The summed E-state index contributed by atoms with van der Waals surface area (Å²) in [6.07, 6.45) is 2.76. The van der Waals surface area contributed by atoms with E-state index in [2.05, 4.69) is 26.6 Å². The van der Waals surface area contributed by atoms with Crippen molar-refractivity contribution >= 4 is 57.6 Å². The van der Waals surface area contributed by atoms with E-state index in [0.29, 0.717) is 15.2 Å². The second-order valence-corrected chi connectivity index (χ2v) is 8.76. The van der Waals surface area contributed by atoms with Gasteiger partial charge in [0.05, 0.1) is 11.5 Å². The summed E-state index contributed by atoms with van der Waals surface area (Å²) >= 11 is 3.93. The molecule has 1 aromatic carbocycles. The Morgan fingerprint density at radius 1 is 1.15 bits per heavy atom. The molecule has 136 valence electrons. The van der Waals surface area contributed by atoms with E-state index in [1.807, 2.05) is 24.4 Å². The number of hydrogen-bond donors (Lipinski definition) is 3. The van der Waals surface area contributed by atoms with Crippen molar-refractivity contribution in [3.05, 3.63) is 36.0 Å². The van der Waals surface area contributed by atoms with E-state index in [0.717, 1.165) is 11.9 Å². The number of carbonyl (C=O) groups excluding carboxylic acids is 2. The molecule has 26 heavy (non-hydrogen) atoms. The van der Waals surface area contributed by atoms with Gasteiger partial charge in [0.15, 0.2) is 8.68 Å². The molecule has 0 fully saturated rings. The highest BCUT2D eigenvalue weighted by Gasteiger charge is 2.10. The minimum atomic E-state index is -0.394. The molecule has 0 aliphatic rings. The highest BCUT2D eigenvalue weighted by molar-refractivity contribution is 8.03. The summed E-state index contributed by atoms with van der Waals surface area (Å²) in [5.41, 5.74) is 7.39. The number of aromatic nitrogens is 3. The summed E-state index contributed by atoms with van der Waals surface area (Å²) in [6.45, 7) is 0.580. The van der Waals surface area contributed by atoms with Crippen LogP contribution in [0.1, 0.15) is 5.56 Å². The Kier molecular flexibility index (Phi) is 6.53.